The first-order valence-corrected chi connectivity index (χ1v) is 7.35. The van der Waals surface area contributed by atoms with Crippen LogP contribution in [0.3, 0.4) is 0 Å². The number of aryl methyl sites for hydroxylation is 1. The van der Waals surface area contributed by atoms with Crippen molar-refractivity contribution in [2.45, 2.75) is 65.6 Å². The van der Waals surface area contributed by atoms with E-state index in [0.29, 0.717) is 0 Å². The van der Waals surface area contributed by atoms with Gasteiger partial charge in [0.1, 0.15) is 12.2 Å². The van der Waals surface area contributed by atoms with E-state index in [1.54, 1.807) is 6.33 Å². The Labute approximate surface area is 116 Å². The van der Waals surface area contributed by atoms with Crippen LogP contribution in [0, 0.1) is 0 Å². The fourth-order valence-electron chi connectivity index (χ4n) is 2.42. The van der Waals surface area contributed by atoms with Crippen LogP contribution in [-0.2, 0) is 17.7 Å². The smallest absolute Gasteiger partial charge is 0.138 e. The second kappa shape index (κ2) is 7.60. The summed E-state index contributed by atoms with van der Waals surface area (Å²) in [5.41, 5.74) is -0.171. The predicted octanol–water partition coefficient (Wildman–Crippen LogP) is 2.02. The van der Waals surface area contributed by atoms with Crippen LogP contribution in [0.25, 0.3) is 0 Å². The predicted molar refractivity (Wildman–Crippen MR) is 77.2 cm³/mol. The third-order valence-corrected chi connectivity index (χ3v) is 3.75. The third kappa shape index (κ3) is 4.01. The molecule has 0 aliphatic rings. The highest BCUT2D eigenvalue weighted by atomic mass is 16.5. The van der Waals surface area contributed by atoms with E-state index in [-0.39, 0.29) is 11.6 Å². The van der Waals surface area contributed by atoms with E-state index in [2.05, 4.69) is 43.1 Å². The van der Waals surface area contributed by atoms with Gasteiger partial charge >= 0.3 is 0 Å². The van der Waals surface area contributed by atoms with Crippen molar-refractivity contribution in [2.24, 2.45) is 0 Å². The van der Waals surface area contributed by atoms with Gasteiger partial charge in [-0.1, -0.05) is 13.8 Å². The topological polar surface area (TPSA) is 52.0 Å². The molecule has 5 heteroatoms. The lowest BCUT2D eigenvalue weighted by Crippen LogP contribution is -2.52. The number of likely N-dealkylation sites (N-methyl/N-ethyl adjacent to an activating group) is 1. The van der Waals surface area contributed by atoms with Gasteiger partial charge in [0.25, 0.3) is 0 Å². The molecule has 0 saturated heterocycles. The molecule has 0 aliphatic carbocycles. The summed E-state index contributed by atoms with van der Waals surface area (Å²) in [6.45, 7) is 13.1. The third-order valence-electron chi connectivity index (χ3n) is 3.75. The zero-order valence-electron chi connectivity index (χ0n) is 12.9. The lowest BCUT2D eigenvalue weighted by molar-refractivity contribution is -0.0552. The number of ether oxygens (including phenoxy) is 1. The Morgan fingerprint density at radius 3 is 2.63 bits per heavy atom. The van der Waals surface area contributed by atoms with Gasteiger partial charge in [-0.05, 0) is 33.7 Å². The minimum absolute atomic E-state index is 0.171. The number of nitrogens with one attached hydrogen (secondary N) is 1. The average molecular weight is 268 g/mol. The summed E-state index contributed by atoms with van der Waals surface area (Å²) in [4.78, 5) is 4.37. The normalized spacial score (nSPS) is 16.3. The maximum atomic E-state index is 6.00. The average Bonchev–Trinajstić information content (AvgIpc) is 2.85. The first-order valence-electron chi connectivity index (χ1n) is 7.35. The van der Waals surface area contributed by atoms with Crippen LogP contribution in [0.5, 0.6) is 0 Å². The van der Waals surface area contributed by atoms with E-state index in [0.717, 1.165) is 38.4 Å². The number of nitrogens with zero attached hydrogens (tertiary/aromatic N) is 3. The van der Waals surface area contributed by atoms with Crippen molar-refractivity contribution < 1.29 is 4.74 Å². The molecule has 0 amide bonds. The summed E-state index contributed by atoms with van der Waals surface area (Å²) in [5, 5.41) is 7.78. The van der Waals surface area contributed by atoms with Crippen molar-refractivity contribution in [3.8, 4) is 0 Å². The molecule has 19 heavy (non-hydrogen) atoms. The number of hydrogen-bond acceptors (Lipinski definition) is 4. The maximum absolute atomic E-state index is 6.00. The standard InChI is InChI=1S/C14H28N4O/c1-6-14(5,19-9-4)12(15-7-2)10-13-16-11-17-18(13)8-3/h11-12,15H,6-10H2,1-5H3. The quantitative estimate of drug-likeness (QED) is 0.744. The highest BCUT2D eigenvalue weighted by molar-refractivity contribution is 4.98. The summed E-state index contributed by atoms with van der Waals surface area (Å²) < 4.78 is 7.95. The number of rotatable bonds is 9. The molecule has 110 valence electrons. The van der Waals surface area contributed by atoms with E-state index in [9.17, 15) is 0 Å². The molecular weight excluding hydrogens is 240 g/mol. The zero-order chi connectivity index (χ0) is 14.3. The highest BCUT2D eigenvalue weighted by Crippen LogP contribution is 2.22. The highest BCUT2D eigenvalue weighted by Gasteiger charge is 2.33. The van der Waals surface area contributed by atoms with Crippen LogP contribution in [0.2, 0.25) is 0 Å². The molecule has 0 spiro atoms. The maximum Gasteiger partial charge on any atom is 0.138 e. The zero-order valence-corrected chi connectivity index (χ0v) is 12.9. The molecule has 0 bridgehead atoms. The Morgan fingerprint density at radius 1 is 1.37 bits per heavy atom. The van der Waals surface area contributed by atoms with Gasteiger partial charge in [0.15, 0.2) is 0 Å². The second-order valence-electron chi connectivity index (χ2n) is 4.91. The fraction of sp³-hybridized carbons (Fsp3) is 0.857. The molecule has 0 aromatic carbocycles. The molecule has 1 aromatic rings. The molecule has 1 N–H and O–H groups in total. The van der Waals surface area contributed by atoms with Crippen molar-refractivity contribution in [3.63, 3.8) is 0 Å². The first kappa shape index (κ1) is 16.1. The Morgan fingerprint density at radius 2 is 2.11 bits per heavy atom. The number of aromatic nitrogens is 3. The summed E-state index contributed by atoms with van der Waals surface area (Å²) >= 11 is 0. The molecule has 2 unspecified atom stereocenters. The van der Waals surface area contributed by atoms with Crippen molar-refractivity contribution in [2.75, 3.05) is 13.2 Å². The summed E-state index contributed by atoms with van der Waals surface area (Å²) in [7, 11) is 0. The molecule has 5 nitrogen and oxygen atoms in total. The van der Waals surface area contributed by atoms with E-state index < -0.39 is 0 Å². The summed E-state index contributed by atoms with van der Waals surface area (Å²) in [5.74, 6) is 1.02. The molecule has 0 radical (unpaired) electrons. The van der Waals surface area contributed by atoms with Gasteiger partial charge in [0, 0.05) is 25.6 Å². The minimum Gasteiger partial charge on any atom is -0.374 e. The second-order valence-corrected chi connectivity index (χ2v) is 4.91. The van der Waals surface area contributed by atoms with E-state index in [1.165, 1.54) is 0 Å². The molecule has 0 fully saturated rings. The van der Waals surface area contributed by atoms with Crippen LogP contribution in [-0.4, -0.2) is 39.6 Å². The largest absolute Gasteiger partial charge is 0.374 e. The van der Waals surface area contributed by atoms with Gasteiger partial charge in [-0.15, -0.1) is 0 Å². The molecule has 0 saturated carbocycles. The molecule has 2 atom stereocenters. The molecular formula is C14H28N4O. The van der Waals surface area contributed by atoms with Crippen LogP contribution in [0.1, 0.15) is 46.9 Å². The van der Waals surface area contributed by atoms with E-state index >= 15 is 0 Å². The summed E-state index contributed by atoms with van der Waals surface area (Å²) in [6, 6.07) is 0.247. The van der Waals surface area contributed by atoms with Crippen LogP contribution in [0.4, 0.5) is 0 Å². The van der Waals surface area contributed by atoms with Crippen molar-refractivity contribution in [1.29, 1.82) is 0 Å². The van der Waals surface area contributed by atoms with Gasteiger partial charge in [-0.2, -0.15) is 5.10 Å². The fourth-order valence-corrected chi connectivity index (χ4v) is 2.42. The Balaban J connectivity index is 2.87. The van der Waals surface area contributed by atoms with Gasteiger partial charge in [0.05, 0.1) is 5.60 Å². The Bertz CT molecular complexity index is 366. The molecule has 0 aliphatic heterocycles. The van der Waals surface area contributed by atoms with E-state index in [1.807, 2.05) is 11.6 Å². The van der Waals surface area contributed by atoms with Gasteiger partial charge in [-0.25, -0.2) is 4.98 Å². The van der Waals surface area contributed by atoms with Gasteiger partial charge in [-0.3, -0.25) is 4.68 Å². The van der Waals surface area contributed by atoms with Crippen molar-refractivity contribution in [3.05, 3.63) is 12.2 Å². The van der Waals surface area contributed by atoms with Crippen LogP contribution in [0.15, 0.2) is 6.33 Å². The lowest BCUT2D eigenvalue weighted by Gasteiger charge is -2.37. The molecule has 1 heterocycles. The molecule has 1 aromatic heterocycles. The van der Waals surface area contributed by atoms with Crippen molar-refractivity contribution >= 4 is 0 Å². The van der Waals surface area contributed by atoms with Crippen LogP contribution < -0.4 is 5.32 Å². The molecule has 1 rings (SSSR count). The van der Waals surface area contributed by atoms with E-state index in [4.69, 9.17) is 4.74 Å². The van der Waals surface area contributed by atoms with Gasteiger partial charge < -0.3 is 10.1 Å². The Kier molecular flexibility index (Phi) is 6.45. The Hall–Kier alpha value is -0.940. The lowest BCUT2D eigenvalue weighted by atomic mass is 9.90. The minimum atomic E-state index is -0.171. The van der Waals surface area contributed by atoms with Crippen molar-refractivity contribution in [1.82, 2.24) is 20.1 Å². The first-order chi connectivity index (χ1) is 9.11. The monoisotopic (exact) mass is 268 g/mol. The van der Waals surface area contributed by atoms with Crippen LogP contribution >= 0.6 is 0 Å². The van der Waals surface area contributed by atoms with Gasteiger partial charge in [0.2, 0.25) is 0 Å². The SMILES string of the molecule is CCNC(Cc1ncnn1CC)C(C)(CC)OCC. The number of hydrogen-bond donors (Lipinski definition) is 1. The summed E-state index contributed by atoms with van der Waals surface area (Å²) in [6.07, 6.45) is 3.44.